The second-order valence-electron chi connectivity index (χ2n) is 16.7. The zero-order chi connectivity index (χ0) is 42.1. The van der Waals surface area contributed by atoms with Crippen molar-refractivity contribution in [3.05, 3.63) is 48.6 Å². The largest absolute Gasteiger partial charge is 0.462 e. The fourth-order valence-corrected chi connectivity index (χ4v) is 7.15. The molecule has 0 amide bonds. The summed E-state index contributed by atoms with van der Waals surface area (Å²) < 4.78 is 17.3. The van der Waals surface area contributed by atoms with E-state index in [0.29, 0.717) is 19.4 Å². The average Bonchev–Trinajstić information content (AvgIpc) is 3.22. The molecule has 0 aromatic rings. The molecule has 0 aromatic heterocycles. The Bertz CT molecular complexity index is 966. The van der Waals surface area contributed by atoms with E-state index in [2.05, 4.69) is 69.4 Å². The van der Waals surface area contributed by atoms with Gasteiger partial charge in [0.15, 0.2) is 6.10 Å². The highest BCUT2D eigenvalue weighted by atomic mass is 16.6. The molecule has 0 unspecified atom stereocenters. The molecule has 5 heteroatoms. The standard InChI is InChI=1S/C53H96O5/c1-4-7-10-13-16-19-22-24-26-28-30-33-36-39-42-45-48-56-49-51(58-53(55)47-44-41-38-35-31-21-18-15-12-9-6-3)50-57-52(54)46-43-40-37-34-32-29-27-25-23-20-17-14-11-8-5-2/h8,11,17,20,25,27,32,34,51H,4-7,9-10,12-16,18-19,21-24,26,28-31,33,35-50H2,1-3H3/b11-8-,20-17-,27-25-,34-32-/t51-/m1/s1. The lowest BCUT2D eigenvalue weighted by atomic mass is 10.0. The maximum Gasteiger partial charge on any atom is 0.306 e. The Morgan fingerprint density at radius 3 is 1.24 bits per heavy atom. The molecule has 0 saturated heterocycles. The molecule has 0 rings (SSSR count). The summed E-state index contributed by atoms with van der Waals surface area (Å²) >= 11 is 0. The van der Waals surface area contributed by atoms with Crippen molar-refractivity contribution in [1.29, 1.82) is 0 Å². The van der Waals surface area contributed by atoms with Gasteiger partial charge in [0.1, 0.15) is 6.61 Å². The molecule has 0 heterocycles. The van der Waals surface area contributed by atoms with E-state index in [-0.39, 0.29) is 25.2 Å². The molecule has 58 heavy (non-hydrogen) atoms. The van der Waals surface area contributed by atoms with Crippen molar-refractivity contribution in [2.75, 3.05) is 19.8 Å². The van der Waals surface area contributed by atoms with Gasteiger partial charge in [-0.25, -0.2) is 0 Å². The minimum absolute atomic E-state index is 0.0681. The van der Waals surface area contributed by atoms with Gasteiger partial charge in [0.2, 0.25) is 0 Å². The van der Waals surface area contributed by atoms with Crippen LogP contribution in [0.1, 0.15) is 252 Å². The summed E-state index contributed by atoms with van der Waals surface area (Å²) in [5, 5.41) is 0. The van der Waals surface area contributed by atoms with Gasteiger partial charge in [-0.1, -0.05) is 230 Å². The van der Waals surface area contributed by atoms with Crippen LogP contribution in [-0.2, 0) is 23.8 Å². The maximum absolute atomic E-state index is 12.7. The fraction of sp³-hybridized carbons (Fsp3) is 0.811. The molecule has 338 valence electrons. The van der Waals surface area contributed by atoms with Crippen LogP contribution in [0.2, 0.25) is 0 Å². The van der Waals surface area contributed by atoms with Crippen molar-refractivity contribution >= 4 is 11.9 Å². The molecule has 0 aromatic carbocycles. The lowest BCUT2D eigenvalue weighted by Crippen LogP contribution is -2.30. The van der Waals surface area contributed by atoms with Crippen molar-refractivity contribution in [2.24, 2.45) is 0 Å². The Labute approximate surface area is 361 Å². The van der Waals surface area contributed by atoms with Crippen molar-refractivity contribution in [2.45, 2.75) is 258 Å². The number of carbonyl (C=O) groups is 2. The third-order valence-electron chi connectivity index (χ3n) is 10.9. The van der Waals surface area contributed by atoms with Crippen LogP contribution >= 0.6 is 0 Å². The van der Waals surface area contributed by atoms with Gasteiger partial charge in [-0.3, -0.25) is 9.59 Å². The van der Waals surface area contributed by atoms with Crippen LogP contribution in [0, 0.1) is 0 Å². The van der Waals surface area contributed by atoms with Gasteiger partial charge < -0.3 is 14.2 Å². The molecule has 0 aliphatic heterocycles. The molecule has 0 aliphatic rings. The van der Waals surface area contributed by atoms with Gasteiger partial charge in [0, 0.05) is 19.4 Å². The van der Waals surface area contributed by atoms with Crippen LogP contribution in [0.15, 0.2) is 48.6 Å². The SMILES string of the molecule is CC/C=C\C/C=C\C/C=C\C/C=C\CCCCC(=O)OC[C@@H](COCCCCCCCCCCCCCCCCCC)OC(=O)CCCCCCCCCCCCC. The monoisotopic (exact) mass is 813 g/mol. The Hall–Kier alpha value is -2.14. The first kappa shape index (κ1) is 55.9. The van der Waals surface area contributed by atoms with Crippen LogP contribution < -0.4 is 0 Å². The molecule has 1 atom stereocenters. The van der Waals surface area contributed by atoms with E-state index in [1.165, 1.54) is 148 Å². The van der Waals surface area contributed by atoms with E-state index in [4.69, 9.17) is 14.2 Å². The zero-order valence-corrected chi connectivity index (χ0v) is 38.8. The number of unbranched alkanes of at least 4 members (excludes halogenated alkanes) is 27. The first-order valence-electron chi connectivity index (χ1n) is 25.2. The highest BCUT2D eigenvalue weighted by Gasteiger charge is 2.17. The Morgan fingerprint density at radius 2 is 0.776 bits per heavy atom. The van der Waals surface area contributed by atoms with Gasteiger partial charge >= 0.3 is 11.9 Å². The molecule has 0 N–H and O–H groups in total. The summed E-state index contributed by atoms with van der Waals surface area (Å²) in [7, 11) is 0. The van der Waals surface area contributed by atoms with E-state index in [0.717, 1.165) is 70.6 Å². The summed E-state index contributed by atoms with van der Waals surface area (Å²) in [4.78, 5) is 25.3. The molecule has 0 radical (unpaired) electrons. The Balaban J connectivity index is 4.27. The first-order valence-corrected chi connectivity index (χ1v) is 25.2. The van der Waals surface area contributed by atoms with E-state index in [1.807, 2.05) is 0 Å². The number of allylic oxidation sites excluding steroid dienone is 8. The van der Waals surface area contributed by atoms with Crippen molar-refractivity contribution in [3.8, 4) is 0 Å². The summed E-state index contributed by atoms with van der Waals surface area (Å²) in [6.07, 6.45) is 59.8. The van der Waals surface area contributed by atoms with E-state index in [1.54, 1.807) is 0 Å². The van der Waals surface area contributed by atoms with Crippen LogP contribution in [-0.4, -0.2) is 37.9 Å². The van der Waals surface area contributed by atoms with Crippen LogP contribution in [0.4, 0.5) is 0 Å². The third-order valence-corrected chi connectivity index (χ3v) is 10.9. The maximum atomic E-state index is 12.7. The number of ether oxygens (including phenoxy) is 3. The lowest BCUT2D eigenvalue weighted by Gasteiger charge is -2.18. The summed E-state index contributed by atoms with van der Waals surface area (Å²) in [6.45, 7) is 7.70. The van der Waals surface area contributed by atoms with Gasteiger partial charge in [-0.05, 0) is 57.8 Å². The van der Waals surface area contributed by atoms with E-state index in [9.17, 15) is 9.59 Å². The predicted molar refractivity (Wildman–Crippen MR) is 251 cm³/mol. The van der Waals surface area contributed by atoms with Crippen molar-refractivity contribution < 1.29 is 23.8 Å². The predicted octanol–water partition coefficient (Wildman–Crippen LogP) is 16.8. The molecular formula is C53H96O5. The van der Waals surface area contributed by atoms with Gasteiger partial charge in [-0.15, -0.1) is 0 Å². The molecule has 0 spiro atoms. The summed E-state index contributed by atoms with van der Waals surface area (Å²) in [5.41, 5.74) is 0. The smallest absolute Gasteiger partial charge is 0.306 e. The highest BCUT2D eigenvalue weighted by Crippen LogP contribution is 2.15. The van der Waals surface area contributed by atoms with Gasteiger partial charge in [0.25, 0.3) is 0 Å². The Morgan fingerprint density at radius 1 is 0.397 bits per heavy atom. The number of esters is 2. The average molecular weight is 813 g/mol. The molecule has 0 fully saturated rings. The fourth-order valence-electron chi connectivity index (χ4n) is 7.15. The first-order chi connectivity index (χ1) is 28.6. The minimum atomic E-state index is -0.547. The highest BCUT2D eigenvalue weighted by molar-refractivity contribution is 5.70. The molecule has 0 aliphatic carbocycles. The van der Waals surface area contributed by atoms with E-state index < -0.39 is 6.10 Å². The molecule has 0 saturated carbocycles. The number of rotatable bonds is 46. The Kier molecular flexibility index (Phi) is 47.4. The minimum Gasteiger partial charge on any atom is -0.462 e. The summed E-state index contributed by atoms with van der Waals surface area (Å²) in [5.74, 6) is -0.435. The quantitative estimate of drug-likeness (QED) is 0.0348. The zero-order valence-electron chi connectivity index (χ0n) is 38.8. The summed E-state index contributed by atoms with van der Waals surface area (Å²) in [6, 6.07) is 0. The molecule has 0 bridgehead atoms. The molecular weight excluding hydrogens is 717 g/mol. The second-order valence-corrected chi connectivity index (χ2v) is 16.7. The normalized spacial score (nSPS) is 12.5. The van der Waals surface area contributed by atoms with Crippen molar-refractivity contribution in [1.82, 2.24) is 0 Å². The second kappa shape index (κ2) is 49.2. The third kappa shape index (κ3) is 46.5. The van der Waals surface area contributed by atoms with Gasteiger partial charge in [0.05, 0.1) is 6.61 Å². The number of hydrogen-bond acceptors (Lipinski definition) is 5. The van der Waals surface area contributed by atoms with Crippen molar-refractivity contribution in [3.63, 3.8) is 0 Å². The van der Waals surface area contributed by atoms with Gasteiger partial charge in [-0.2, -0.15) is 0 Å². The van der Waals surface area contributed by atoms with Crippen LogP contribution in [0.25, 0.3) is 0 Å². The number of hydrogen-bond donors (Lipinski definition) is 0. The topological polar surface area (TPSA) is 61.8 Å². The van der Waals surface area contributed by atoms with Crippen LogP contribution in [0.5, 0.6) is 0 Å². The van der Waals surface area contributed by atoms with Crippen LogP contribution in [0.3, 0.4) is 0 Å². The lowest BCUT2D eigenvalue weighted by molar-refractivity contribution is -0.163. The molecule has 5 nitrogen and oxygen atoms in total. The number of carbonyl (C=O) groups excluding carboxylic acids is 2. The van der Waals surface area contributed by atoms with E-state index >= 15 is 0 Å².